The quantitative estimate of drug-likeness (QED) is 0.163. The Hall–Kier alpha value is -7.16. The molecule has 0 unspecified atom stereocenters. The molecule has 2 nitrogen and oxygen atoms in total. The summed E-state index contributed by atoms with van der Waals surface area (Å²) in [6.45, 7) is 0. The Morgan fingerprint density at radius 1 is 0.241 bits per heavy atom. The van der Waals surface area contributed by atoms with Crippen LogP contribution in [0, 0.1) is 0 Å². The predicted molar refractivity (Wildman–Crippen MR) is 227 cm³/mol. The summed E-state index contributed by atoms with van der Waals surface area (Å²) in [5.74, 6) is 0.702. The molecule has 54 heavy (non-hydrogen) atoms. The van der Waals surface area contributed by atoms with Crippen molar-refractivity contribution in [3.05, 3.63) is 206 Å². The van der Waals surface area contributed by atoms with Crippen LogP contribution >= 0.6 is 0 Å². The second-order valence-electron chi connectivity index (χ2n) is 13.8. The van der Waals surface area contributed by atoms with Crippen molar-refractivity contribution < 1.29 is 0 Å². The zero-order chi connectivity index (χ0) is 35.8. The molecular formula is C52H34N2. The summed E-state index contributed by atoms with van der Waals surface area (Å²) in [4.78, 5) is 10.5. The Kier molecular flexibility index (Phi) is 7.85. The molecule has 0 aliphatic carbocycles. The van der Waals surface area contributed by atoms with Gasteiger partial charge in [-0.15, -0.1) is 0 Å². The molecule has 0 saturated heterocycles. The number of hydrogen-bond acceptors (Lipinski definition) is 2. The lowest BCUT2D eigenvalue weighted by Gasteiger charge is -2.18. The van der Waals surface area contributed by atoms with E-state index in [1.54, 1.807) is 0 Å². The van der Waals surface area contributed by atoms with Gasteiger partial charge < -0.3 is 0 Å². The number of aromatic nitrogens is 2. The Morgan fingerprint density at radius 2 is 0.630 bits per heavy atom. The monoisotopic (exact) mass is 686 g/mol. The van der Waals surface area contributed by atoms with Crippen molar-refractivity contribution in [1.29, 1.82) is 0 Å². The maximum Gasteiger partial charge on any atom is 0.160 e. The Balaban J connectivity index is 1.33. The molecule has 0 aliphatic heterocycles. The lowest BCUT2D eigenvalue weighted by molar-refractivity contribution is 1.19. The molecule has 0 N–H and O–H groups in total. The van der Waals surface area contributed by atoms with Crippen LogP contribution in [0.4, 0.5) is 0 Å². The van der Waals surface area contributed by atoms with Crippen molar-refractivity contribution in [3.8, 4) is 67.3 Å². The van der Waals surface area contributed by atoms with Gasteiger partial charge in [0.1, 0.15) is 0 Å². The Bertz CT molecular complexity index is 2840. The fraction of sp³-hybridized carbons (Fsp3) is 0. The van der Waals surface area contributed by atoms with Crippen molar-refractivity contribution in [2.45, 2.75) is 0 Å². The molecule has 10 aromatic rings. The van der Waals surface area contributed by atoms with E-state index in [1.807, 2.05) is 24.3 Å². The molecule has 0 spiro atoms. The first-order valence-electron chi connectivity index (χ1n) is 18.4. The van der Waals surface area contributed by atoms with E-state index in [2.05, 4.69) is 182 Å². The summed E-state index contributed by atoms with van der Waals surface area (Å²) >= 11 is 0. The van der Waals surface area contributed by atoms with Crippen LogP contribution in [-0.4, -0.2) is 9.97 Å². The molecule has 1 heterocycles. The highest BCUT2D eigenvalue weighted by Crippen LogP contribution is 2.44. The van der Waals surface area contributed by atoms with Crippen molar-refractivity contribution in [1.82, 2.24) is 9.97 Å². The average Bonchev–Trinajstić information content (AvgIpc) is 3.27. The molecule has 0 saturated carbocycles. The van der Waals surface area contributed by atoms with Gasteiger partial charge in [-0.1, -0.05) is 170 Å². The SMILES string of the molecule is c1ccc(-c2cc(-c3ccccc3)cc(-c3cc(-c4cc(-c5ccccc5)nc(-c5ccccc5)n4)c4c5ccccc5c5ccccc5c4c3)c2)cc1. The first-order valence-corrected chi connectivity index (χ1v) is 18.4. The minimum Gasteiger partial charge on any atom is -0.228 e. The third kappa shape index (κ3) is 5.71. The summed E-state index contributed by atoms with van der Waals surface area (Å²) in [6.07, 6.45) is 0. The summed E-state index contributed by atoms with van der Waals surface area (Å²) in [7, 11) is 0. The number of fused-ring (bicyclic) bond motifs is 6. The topological polar surface area (TPSA) is 25.8 Å². The molecule has 10 rings (SSSR count). The number of benzene rings is 9. The largest absolute Gasteiger partial charge is 0.228 e. The second-order valence-corrected chi connectivity index (χ2v) is 13.8. The van der Waals surface area contributed by atoms with E-state index in [0.29, 0.717) is 5.82 Å². The summed E-state index contributed by atoms with van der Waals surface area (Å²) in [6, 6.07) is 73.6. The standard InChI is InChI=1S/C52H34N2/c1-5-17-35(18-6-1)39-29-40(36-19-7-2-8-20-36)31-41(30-39)42-32-47-45-27-14-13-25-43(45)44-26-15-16-28-46(44)51(47)48(33-42)50-34-49(37-21-9-3-10-22-37)53-52(54-50)38-23-11-4-12-24-38/h1-34H. The van der Waals surface area contributed by atoms with Crippen LogP contribution in [0.1, 0.15) is 0 Å². The van der Waals surface area contributed by atoms with Gasteiger partial charge in [0.05, 0.1) is 11.4 Å². The van der Waals surface area contributed by atoms with Gasteiger partial charge in [0.15, 0.2) is 5.82 Å². The first-order chi connectivity index (χ1) is 26.8. The van der Waals surface area contributed by atoms with E-state index in [0.717, 1.165) is 39.2 Å². The van der Waals surface area contributed by atoms with E-state index >= 15 is 0 Å². The highest BCUT2D eigenvalue weighted by Gasteiger charge is 2.19. The van der Waals surface area contributed by atoms with Gasteiger partial charge in [0, 0.05) is 16.7 Å². The molecule has 9 aromatic carbocycles. The average molecular weight is 687 g/mol. The van der Waals surface area contributed by atoms with Crippen LogP contribution in [0.5, 0.6) is 0 Å². The van der Waals surface area contributed by atoms with Crippen LogP contribution in [0.3, 0.4) is 0 Å². The zero-order valence-electron chi connectivity index (χ0n) is 29.5. The molecule has 1 aromatic heterocycles. The fourth-order valence-electron chi connectivity index (χ4n) is 7.85. The first kappa shape index (κ1) is 31.6. The minimum absolute atomic E-state index is 0.702. The predicted octanol–water partition coefficient (Wildman–Crippen LogP) is 13.9. The maximum atomic E-state index is 5.39. The second kappa shape index (κ2) is 13.4. The van der Waals surface area contributed by atoms with Gasteiger partial charge in [-0.05, 0) is 102 Å². The lowest BCUT2D eigenvalue weighted by Crippen LogP contribution is -1.97. The molecule has 0 radical (unpaired) electrons. The van der Waals surface area contributed by atoms with Crippen molar-refractivity contribution in [3.63, 3.8) is 0 Å². The smallest absolute Gasteiger partial charge is 0.160 e. The third-order valence-electron chi connectivity index (χ3n) is 10.4. The van der Waals surface area contributed by atoms with Crippen LogP contribution in [-0.2, 0) is 0 Å². The maximum absolute atomic E-state index is 5.39. The number of rotatable bonds is 6. The molecule has 0 aliphatic rings. The third-order valence-corrected chi connectivity index (χ3v) is 10.4. The molecular weight excluding hydrogens is 653 g/mol. The van der Waals surface area contributed by atoms with Gasteiger partial charge in [-0.25, -0.2) is 9.97 Å². The minimum atomic E-state index is 0.702. The van der Waals surface area contributed by atoms with Crippen molar-refractivity contribution in [2.24, 2.45) is 0 Å². The van der Waals surface area contributed by atoms with Crippen molar-refractivity contribution >= 4 is 32.3 Å². The lowest BCUT2D eigenvalue weighted by atomic mass is 9.86. The van der Waals surface area contributed by atoms with E-state index in [9.17, 15) is 0 Å². The fourth-order valence-corrected chi connectivity index (χ4v) is 7.85. The summed E-state index contributed by atoms with van der Waals surface area (Å²) < 4.78 is 0. The van der Waals surface area contributed by atoms with Gasteiger partial charge in [0.25, 0.3) is 0 Å². The highest BCUT2D eigenvalue weighted by molar-refractivity contribution is 6.29. The van der Waals surface area contributed by atoms with Crippen LogP contribution in [0.2, 0.25) is 0 Å². The van der Waals surface area contributed by atoms with E-state index in [1.165, 1.54) is 54.6 Å². The van der Waals surface area contributed by atoms with E-state index in [-0.39, 0.29) is 0 Å². The molecule has 252 valence electrons. The van der Waals surface area contributed by atoms with Crippen molar-refractivity contribution in [2.75, 3.05) is 0 Å². The molecule has 0 atom stereocenters. The summed E-state index contributed by atoms with van der Waals surface area (Å²) in [5.41, 5.74) is 11.9. The van der Waals surface area contributed by atoms with E-state index < -0.39 is 0 Å². The van der Waals surface area contributed by atoms with Gasteiger partial charge >= 0.3 is 0 Å². The zero-order valence-corrected chi connectivity index (χ0v) is 29.5. The van der Waals surface area contributed by atoms with Gasteiger partial charge in [-0.3, -0.25) is 0 Å². The molecule has 0 bridgehead atoms. The van der Waals surface area contributed by atoms with Crippen LogP contribution in [0.15, 0.2) is 206 Å². The van der Waals surface area contributed by atoms with Gasteiger partial charge in [0.2, 0.25) is 0 Å². The van der Waals surface area contributed by atoms with E-state index in [4.69, 9.17) is 9.97 Å². The molecule has 0 fully saturated rings. The highest BCUT2D eigenvalue weighted by atomic mass is 14.9. The van der Waals surface area contributed by atoms with Gasteiger partial charge in [-0.2, -0.15) is 0 Å². The van der Waals surface area contributed by atoms with Crippen LogP contribution in [0.25, 0.3) is 99.6 Å². The molecule has 2 heteroatoms. The number of hydrogen-bond donors (Lipinski definition) is 0. The normalized spacial score (nSPS) is 11.3. The Labute approximate surface area is 314 Å². The number of nitrogens with zero attached hydrogens (tertiary/aromatic N) is 2. The summed E-state index contributed by atoms with van der Waals surface area (Å²) in [5, 5.41) is 7.28. The van der Waals surface area contributed by atoms with Crippen LogP contribution < -0.4 is 0 Å². The molecule has 0 amide bonds. The Morgan fingerprint density at radius 3 is 1.19 bits per heavy atom.